The van der Waals surface area contributed by atoms with Crippen LogP contribution in [0.25, 0.3) is 0 Å². The predicted molar refractivity (Wildman–Crippen MR) is 50.3 cm³/mol. The minimum atomic E-state index is 0.0259. The summed E-state index contributed by atoms with van der Waals surface area (Å²) in [6.45, 7) is 2.15. The first kappa shape index (κ1) is 9.43. The third kappa shape index (κ3) is 2.21. The van der Waals surface area contributed by atoms with Crippen LogP contribution in [0.2, 0.25) is 0 Å². The first-order chi connectivity index (χ1) is 6.86. The van der Waals surface area contributed by atoms with Crippen molar-refractivity contribution in [2.45, 2.75) is 12.5 Å². The van der Waals surface area contributed by atoms with E-state index in [0.717, 1.165) is 13.2 Å². The number of rotatable bonds is 3. The molecule has 1 saturated heterocycles. The van der Waals surface area contributed by atoms with Crippen molar-refractivity contribution in [2.24, 2.45) is 0 Å². The summed E-state index contributed by atoms with van der Waals surface area (Å²) in [5, 5.41) is 3.22. The lowest BCUT2D eigenvalue weighted by Crippen LogP contribution is -2.42. The van der Waals surface area contributed by atoms with Gasteiger partial charge in [-0.25, -0.2) is 0 Å². The molecule has 4 heteroatoms. The van der Waals surface area contributed by atoms with Crippen LogP contribution in [0.5, 0.6) is 0 Å². The second-order valence-corrected chi connectivity index (χ2v) is 3.33. The fraction of sp³-hybridized carbons (Fsp3) is 0.500. The van der Waals surface area contributed by atoms with Gasteiger partial charge in [-0.2, -0.15) is 0 Å². The standard InChI is InChI=1S/C10H13NO3/c12-9(10-2-1-4-14-10)6-8-7-13-5-3-11-8/h1-2,4,8,11H,3,5-7H2/t8-/m0/s1. The zero-order valence-electron chi connectivity index (χ0n) is 7.86. The lowest BCUT2D eigenvalue weighted by Gasteiger charge is -2.22. The van der Waals surface area contributed by atoms with E-state index in [1.807, 2.05) is 0 Å². The average Bonchev–Trinajstić information content (AvgIpc) is 2.72. The van der Waals surface area contributed by atoms with Crippen LogP contribution in [0.3, 0.4) is 0 Å². The number of carbonyl (C=O) groups is 1. The summed E-state index contributed by atoms with van der Waals surface area (Å²) in [6.07, 6.45) is 1.95. The molecule has 0 amide bonds. The summed E-state index contributed by atoms with van der Waals surface area (Å²) in [7, 11) is 0. The van der Waals surface area contributed by atoms with Crippen molar-refractivity contribution in [3.8, 4) is 0 Å². The second kappa shape index (κ2) is 4.39. The van der Waals surface area contributed by atoms with Crippen molar-refractivity contribution in [3.63, 3.8) is 0 Å². The van der Waals surface area contributed by atoms with Crippen molar-refractivity contribution in [2.75, 3.05) is 19.8 Å². The number of hydrogen-bond acceptors (Lipinski definition) is 4. The van der Waals surface area contributed by atoms with Crippen molar-refractivity contribution in [1.82, 2.24) is 5.32 Å². The quantitative estimate of drug-likeness (QED) is 0.726. The zero-order valence-corrected chi connectivity index (χ0v) is 7.86. The van der Waals surface area contributed by atoms with Gasteiger partial charge >= 0.3 is 0 Å². The van der Waals surface area contributed by atoms with Crippen LogP contribution >= 0.6 is 0 Å². The van der Waals surface area contributed by atoms with Crippen molar-refractivity contribution in [1.29, 1.82) is 0 Å². The predicted octanol–water partition coefficient (Wildman–Crippen LogP) is 0.841. The summed E-state index contributed by atoms with van der Waals surface area (Å²) in [5.41, 5.74) is 0. The maximum absolute atomic E-state index is 11.6. The molecule has 2 rings (SSSR count). The highest BCUT2D eigenvalue weighted by atomic mass is 16.5. The Morgan fingerprint density at radius 1 is 1.64 bits per heavy atom. The molecule has 1 aromatic rings. The lowest BCUT2D eigenvalue weighted by molar-refractivity contribution is 0.0665. The molecule has 76 valence electrons. The highest BCUT2D eigenvalue weighted by Gasteiger charge is 2.18. The number of Topliss-reactive ketones (excluding diaryl/α,β-unsaturated/α-hetero) is 1. The molecule has 0 spiro atoms. The molecule has 1 aliphatic heterocycles. The maximum atomic E-state index is 11.6. The summed E-state index contributed by atoms with van der Waals surface area (Å²) in [4.78, 5) is 11.6. The number of nitrogens with one attached hydrogen (secondary N) is 1. The Balaban J connectivity index is 1.87. The minimum Gasteiger partial charge on any atom is -0.461 e. The van der Waals surface area contributed by atoms with E-state index >= 15 is 0 Å². The van der Waals surface area contributed by atoms with E-state index in [-0.39, 0.29) is 11.8 Å². The summed E-state index contributed by atoms with van der Waals surface area (Å²) in [6, 6.07) is 3.53. The molecule has 1 N–H and O–H groups in total. The van der Waals surface area contributed by atoms with Gasteiger partial charge < -0.3 is 14.5 Å². The topological polar surface area (TPSA) is 51.5 Å². The normalized spacial score (nSPS) is 22.1. The number of hydrogen-bond donors (Lipinski definition) is 1. The van der Waals surface area contributed by atoms with E-state index in [9.17, 15) is 4.79 Å². The molecule has 1 aromatic heterocycles. The van der Waals surface area contributed by atoms with Crippen LogP contribution in [-0.4, -0.2) is 31.6 Å². The van der Waals surface area contributed by atoms with Gasteiger partial charge in [0.05, 0.1) is 19.5 Å². The molecule has 1 aliphatic rings. The third-order valence-corrected chi connectivity index (χ3v) is 2.23. The molecule has 1 atom stereocenters. The smallest absolute Gasteiger partial charge is 0.199 e. The van der Waals surface area contributed by atoms with Crippen LogP contribution in [0, 0.1) is 0 Å². The third-order valence-electron chi connectivity index (χ3n) is 2.23. The van der Waals surface area contributed by atoms with Gasteiger partial charge in [0.15, 0.2) is 11.5 Å². The molecule has 0 unspecified atom stereocenters. The van der Waals surface area contributed by atoms with Gasteiger partial charge in [0.25, 0.3) is 0 Å². The molecule has 4 nitrogen and oxygen atoms in total. The number of furan rings is 1. The SMILES string of the molecule is O=C(C[C@H]1COCCN1)c1ccco1. The first-order valence-electron chi connectivity index (χ1n) is 4.74. The summed E-state index contributed by atoms with van der Waals surface area (Å²) in [5.74, 6) is 0.454. The van der Waals surface area contributed by atoms with E-state index in [4.69, 9.17) is 9.15 Å². The average molecular weight is 195 g/mol. The van der Waals surface area contributed by atoms with Gasteiger partial charge in [0, 0.05) is 19.0 Å². The highest BCUT2D eigenvalue weighted by molar-refractivity contribution is 5.93. The number of ketones is 1. The molecule has 0 saturated carbocycles. The molecule has 0 radical (unpaired) electrons. The van der Waals surface area contributed by atoms with Crippen LogP contribution in [0.4, 0.5) is 0 Å². The molecule has 1 fully saturated rings. The van der Waals surface area contributed by atoms with Crippen molar-refractivity contribution < 1.29 is 13.9 Å². The van der Waals surface area contributed by atoms with Crippen molar-refractivity contribution in [3.05, 3.63) is 24.2 Å². The van der Waals surface area contributed by atoms with E-state index in [1.165, 1.54) is 6.26 Å². The zero-order chi connectivity index (χ0) is 9.80. The van der Waals surface area contributed by atoms with E-state index in [0.29, 0.717) is 18.8 Å². The van der Waals surface area contributed by atoms with E-state index < -0.39 is 0 Å². The Labute approximate surface area is 82.2 Å². The highest BCUT2D eigenvalue weighted by Crippen LogP contribution is 2.07. The molecule has 0 aliphatic carbocycles. The van der Waals surface area contributed by atoms with Crippen molar-refractivity contribution >= 4 is 5.78 Å². The summed E-state index contributed by atoms with van der Waals surface area (Å²) < 4.78 is 10.3. The largest absolute Gasteiger partial charge is 0.461 e. The second-order valence-electron chi connectivity index (χ2n) is 3.33. The lowest BCUT2D eigenvalue weighted by atomic mass is 10.1. The monoisotopic (exact) mass is 195 g/mol. The van der Waals surface area contributed by atoms with Gasteiger partial charge in [0.2, 0.25) is 0 Å². The fourth-order valence-electron chi connectivity index (χ4n) is 1.51. The number of morpholine rings is 1. The number of ether oxygens (including phenoxy) is 1. The van der Waals surface area contributed by atoms with Gasteiger partial charge in [-0.1, -0.05) is 0 Å². The Hall–Kier alpha value is -1.13. The Morgan fingerprint density at radius 2 is 2.57 bits per heavy atom. The summed E-state index contributed by atoms with van der Waals surface area (Å²) >= 11 is 0. The van der Waals surface area contributed by atoms with Crippen LogP contribution in [0.1, 0.15) is 17.0 Å². The Kier molecular flexibility index (Phi) is 2.96. The van der Waals surface area contributed by atoms with Gasteiger partial charge in [-0.3, -0.25) is 4.79 Å². The Bertz CT molecular complexity index is 288. The number of carbonyl (C=O) groups excluding carboxylic acids is 1. The van der Waals surface area contributed by atoms with Crippen LogP contribution < -0.4 is 5.32 Å². The van der Waals surface area contributed by atoms with Gasteiger partial charge in [-0.05, 0) is 12.1 Å². The Morgan fingerprint density at radius 3 is 3.21 bits per heavy atom. The molecule has 14 heavy (non-hydrogen) atoms. The molecule has 2 heterocycles. The minimum absolute atomic E-state index is 0.0259. The van der Waals surface area contributed by atoms with Gasteiger partial charge in [-0.15, -0.1) is 0 Å². The van der Waals surface area contributed by atoms with Crippen LogP contribution in [0.15, 0.2) is 22.8 Å². The van der Waals surface area contributed by atoms with E-state index in [2.05, 4.69) is 5.32 Å². The first-order valence-corrected chi connectivity index (χ1v) is 4.74. The van der Waals surface area contributed by atoms with Gasteiger partial charge in [0.1, 0.15) is 0 Å². The fourth-order valence-corrected chi connectivity index (χ4v) is 1.51. The molecular weight excluding hydrogens is 182 g/mol. The molecule has 0 aromatic carbocycles. The van der Waals surface area contributed by atoms with E-state index in [1.54, 1.807) is 12.1 Å². The maximum Gasteiger partial charge on any atom is 0.199 e. The van der Waals surface area contributed by atoms with Crippen LogP contribution in [-0.2, 0) is 4.74 Å². The molecule has 0 bridgehead atoms. The molecular formula is C10H13NO3.